The summed E-state index contributed by atoms with van der Waals surface area (Å²) in [5.74, 6) is 1.18. The predicted octanol–water partition coefficient (Wildman–Crippen LogP) is 3.69. The van der Waals surface area contributed by atoms with E-state index in [1.165, 1.54) is 19.3 Å². The summed E-state index contributed by atoms with van der Waals surface area (Å²) >= 11 is 0. The summed E-state index contributed by atoms with van der Waals surface area (Å²) in [4.78, 5) is 31.7. The van der Waals surface area contributed by atoms with Gasteiger partial charge in [-0.15, -0.1) is 0 Å². The molecular weight excluding hydrogens is 492 g/mol. The molecule has 208 valence electrons. The highest BCUT2D eigenvalue weighted by Crippen LogP contribution is 2.38. The van der Waals surface area contributed by atoms with Gasteiger partial charge in [0.05, 0.1) is 36.3 Å². The fraction of sp³-hybridized carbons (Fsp3) is 0.586. The van der Waals surface area contributed by atoms with Crippen molar-refractivity contribution in [3.63, 3.8) is 0 Å². The number of nitrogens with two attached hydrogens (primary N) is 1. The number of hydrogen-bond acceptors (Lipinski definition) is 9. The Bertz CT molecular complexity index is 1290. The van der Waals surface area contributed by atoms with Gasteiger partial charge >= 0.3 is 0 Å². The van der Waals surface area contributed by atoms with Gasteiger partial charge < -0.3 is 25.3 Å². The predicted molar refractivity (Wildman–Crippen MR) is 153 cm³/mol. The van der Waals surface area contributed by atoms with Crippen molar-refractivity contribution in [2.75, 3.05) is 56.2 Å². The van der Waals surface area contributed by atoms with E-state index in [0.29, 0.717) is 30.0 Å². The summed E-state index contributed by atoms with van der Waals surface area (Å²) < 4.78 is 7.62. The first-order chi connectivity index (χ1) is 19.1. The van der Waals surface area contributed by atoms with E-state index in [1.54, 1.807) is 13.1 Å². The Hall–Kier alpha value is -3.08. The number of ether oxygens (including phenoxy) is 1. The van der Waals surface area contributed by atoms with Crippen LogP contribution < -0.4 is 16.0 Å². The molecule has 6 rings (SSSR count). The normalized spacial score (nSPS) is 20.8. The van der Waals surface area contributed by atoms with Crippen LogP contribution in [0.4, 0.5) is 17.5 Å². The number of nitrogens with one attached hydrogen (secondary N) is 1. The Morgan fingerprint density at radius 2 is 1.85 bits per heavy atom. The Kier molecular flexibility index (Phi) is 7.51. The van der Waals surface area contributed by atoms with Crippen molar-refractivity contribution in [1.82, 2.24) is 24.4 Å². The molecule has 0 aromatic carbocycles. The number of anilines is 3. The number of piperidine rings is 1. The second kappa shape index (κ2) is 11.2. The van der Waals surface area contributed by atoms with Crippen molar-refractivity contribution in [2.24, 2.45) is 5.73 Å². The molecule has 10 heteroatoms. The highest BCUT2D eigenvalue weighted by molar-refractivity contribution is 5.98. The lowest BCUT2D eigenvalue weighted by Gasteiger charge is -2.40. The second-order valence-corrected chi connectivity index (χ2v) is 11.3. The lowest BCUT2D eigenvalue weighted by molar-refractivity contribution is 0.0115. The molecule has 1 aliphatic carbocycles. The van der Waals surface area contributed by atoms with Crippen molar-refractivity contribution in [3.05, 3.63) is 36.3 Å². The van der Waals surface area contributed by atoms with Crippen LogP contribution in [0.1, 0.15) is 62.4 Å². The van der Waals surface area contributed by atoms with Gasteiger partial charge in [-0.1, -0.05) is 19.3 Å². The maximum atomic E-state index is 12.6. The molecule has 0 bridgehead atoms. The minimum absolute atomic E-state index is 0.0205. The van der Waals surface area contributed by atoms with E-state index in [4.69, 9.17) is 15.5 Å². The Labute approximate surface area is 229 Å². The van der Waals surface area contributed by atoms with Crippen LogP contribution in [-0.2, 0) is 10.3 Å². The van der Waals surface area contributed by atoms with Crippen molar-refractivity contribution in [2.45, 2.75) is 63.5 Å². The van der Waals surface area contributed by atoms with Crippen LogP contribution in [0.25, 0.3) is 11.0 Å². The molecule has 3 fully saturated rings. The van der Waals surface area contributed by atoms with Gasteiger partial charge in [-0.2, -0.15) is 4.98 Å². The summed E-state index contributed by atoms with van der Waals surface area (Å²) in [5.41, 5.74) is 8.62. The van der Waals surface area contributed by atoms with E-state index in [2.05, 4.69) is 35.7 Å². The van der Waals surface area contributed by atoms with Gasteiger partial charge in [0.15, 0.2) is 5.78 Å². The summed E-state index contributed by atoms with van der Waals surface area (Å²) in [6.45, 7) is 7.98. The molecule has 39 heavy (non-hydrogen) atoms. The minimum Gasteiger partial charge on any atom is -0.379 e. The molecule has 3 aromatic heterocycles. The first-order valence-electron chi connectivity index (χ1n) is 14.5. The van der Waals surface area contributed by atoms with E-state index >= 15 is 0 Å². The summed E-state index contributed by atoms with van der Waals surface area (Å²) in [5, 5.41) is 4.13. The van der Waals surface area contributed by atoms with Gasteiger partial charge in [0.2, 0.25) is 5.95 Å². The van der Waals surface area contributed by atoms with Crippen LogP contribution in [0, 0.1) is 0 Å². The number of carbonyl (C=O) groups is 1. The van der Waals surface area contributed by atoms with E-state index < -0.39 is 0 Å². The van der Waals surface area contributed by atoms with E-state index in [-0.39, 0.29) is 11.3 Å². The molecule has 5 heterocycles. The fourth-order valence-electron chi connectivity index (χ4n) is 6.71. The summed E-state index contributed by atoms with van der Waals surface area (Å²) in [7, 11) is 0. The maximum Gasteiger partial charge on any atom is 0.230 e. The van der Waals surface area contributed by atoms with Gasteiger partial charge in [0.25, 0.3) is 0 Å². The van der Waals surface area contributed by atoms with Crippen LogP contribution in [0.15, 0.2) is 30.6 Å². The third kappa shape index (κ3) is 5.25. The van der Waals surface area contributed by atoms with Crippen molar-refractivity contribution in [3.8, 4) is 0 Å². The molecular formula is C29H40N8O2. The molecule has 0 unspecified atom stereocenters. The zero-order chi connectivity index (χ0) is 26.8. The average molecular weight is 533 g/mol. The van der Waals surface area contributed by atoms with E-state index in [9.17, 15) is 4.79 Å². The first kappa shape index (κ1) is 26.2. The number of nitrogens with zero attached hydrogens (tertiary/aromatic N) is 6. The quantitative estimate of drug-likeness (QED) is 0.440. The molecule has 0 spiro atoms. The maximum absolute atomic E-state index is 12.6. The second-order valence-electron chi connectivity index (χ2n) is 11.3. The molecule has 1 saturated carbocycles. The van der Waals surface area contributed by atoms with Crippen LogP contribution in [0.5, 0.6) is 0 Å². The third-order valence-electron chi connectivity index (χ3n) is 8.92. The Morgan fingerprint density at radius 3 is 2.51 bits per heavy atom. The smallest absolute Gasteiger partial charge is 0.230 e. The number of carbonyl (C=O) groups excluding carboxylic acids is 1. The number of aromatic nitrogens is 4. The summed E-state index contributed by atoms with van der Waals surface area (Å²) in [6.07, 6.45) is 11.4. The van der Waals surface area contributed by atoms with Gasteiger partial charge in [0.1, 0.15) is 11.5 Å². The number of rotatable bonds is 7. The van der Waals surface area contributed by atoms with E-state index in [1.807, 2.05) is 18.3 Å². The monoisotopic (exact) mass is 532 g/mol. The molecule has 3 aromatic rings. The van der Waals surface area contributed by atoms with Crippen LogP contribution >= 0.6 is 0 Å². The van der Waals surface area contributed by atoms with Gasteiger partial charge in [-0.05, 0) is 43.9 Å². The van der Waals surface area contributed by atoms with E-state index in [0.717, 1.165) is 81.8 Å². The summed E-state index contributed by atoms with van der Waals surface area (Å²) in [6, 6.07) is 6.66. The van der Waals surface area contributed by atoms with Crippen molar-refractivity contribution in [1.29, 1.82) is 0 Å². The zero-order valence-corrected chi connectivity index (χ0v) is 22.9. The number of morpholine rings is 1. The Morgan fingerprint density at radius 1 is 1.08 bits per heavy atom. The van der Waals surface area contributed by atoms with Crippen molar-refractivity contribution >= 4 is 34.3 Å². The highest BCUT2D eigenvalue weighted by Gasteiger charge is 2.36. The van der Waals surface area contributed by atoms with Crippen LogP contribution in [-0.4, -0.2) is 82.2 Å². The molecule has 0 radical (unpaired) electrons. The lowest BCUT2D eigenvalue weighted by atomic mass is 9.81. The molecule has 3 N–H and O–H groups in total. The van der Waals surface area contributed by atoms with Crippen LogP contribution in [0.3, 0.4) is 0 Å². The molecule has 10 nitrogen and oxygen atoms in total. The lowest BCUT2D eigenvalue weighted by Crippen LogP contribution is -2.49. The van der Waals surface area contributed by atoms with Crippen LogP contribution in [0.2, 0.25) is 0 Å². The number of fused-ring (bicyclic) bond motifs is 1. The SMILES string of the molecule is CC(=O)c1cc2cnc(Nc3ccc(N4CCC(N5CCOCC5)CC4)cn3)nc2n1C1(CN)CCCCC1. The average Bonchev–Trinajstić information content (AvgIpc) is 3.38. The molecule has 0 atom stereocenters. The topological polar surface area (TPSA) is 114 Å². The molecule has 0 amide bonds. The molecule has 2 saturated heterocycles. The first-order valence-corrected chi connectivity index (χ1v) is 14.5. The molecule has 2 aliphatic heterocycles. The minimum atomic E-state index is -0.290. The van der Waals surface area contributed by atoms with Crippen molar-refractivity contribution < 1.29 is 9.53 Å². The standard InChI is InChI=1S/C29H40N8O2/c1-21(38)25-17-22-18-32-28(34-27(22)37(25)29(20-30)9-3-2-4-10-29)33-26-6-5-24(19-31-26)35-11-7-23(8-12-35)36-13-15-39-16-14-36/h5-6,17-19,23H,2-4,7-16,20,30H2,1H3,(H,31,32,33,34). The number of pyridine rings is 1. The highest BCUT2D eigenvalue weighted by atomic mass is 16.5. The Balaban J connectivity index is 1.18. The zero-order valence-electron chi connectivity index (χ0n) is 22.9. The molecule has 3 aliphatic rings. The van der Waals surface area contributed by atoms with Gasteiger partial charge in [-0.3, -0.25) is 9.69 Å². The number of hydrogen-bond donors (Lipinski definition) is 2. The number of ketones is 1. The number of Topliss-reactive ketones (excluding diaryl/α,β-unsaturated/α-hetero) is 1. The van der Waals surface area contributed by atoms with Gasteiger partial charge in [-0.25, -0.2) is 9.97 Å². The largest absolute Gasteiger partial charge is 0.379 e. The fourth-order valence-corrected chi connectivity index (χ4v) is 6.71. The van der Waals surface area contributed by atoms with Gasteiger partial charge in [0, 0.05) is 57.3 Å². The third-order valence-corrected chi connectivity index (χ3v) is 8.92.